The SMILES string of the molecule is O=C1C(=O)c2c(cc([N+](=O)[O-])cc2[N+](=O)[O-])-c2cc([N+](=O)[O-])cc([N+](=O)[O-])c21. The molecule has 0 spiro atoms. The van der Waals surface area contributed by atoms with Gasteiger partial charge in [-0.3, -0.25) is 50.0 Å². The molecule has 0 heterocycles. The van der Waals surface area contributed by atoms with Gasteiger partial charge in [-0.25, -0.2) is 0 Å². The normalized spacial score (nSPS) is 12.1. The van der Waals surface area contributed by atoms with Gasteiger partial charge in [0.25, 0.3) is 22.7 Å². The van der Waals surface area contributed by atoms with Gasteiger partial charge in [0.2, 0.25) is 11.6 Å². The van der Waals surface area contributed by atoms with Crippen molar-refractivity contribution in [2.45, 2.75) is 0 Å². The van der Waals surface area contributed by atoms with E-state index < -0.39 is 76.3 Å². The molecule has 0 amide bonds. The van der Waals surface area contributed by atoms with E-state index in [0.29, 0.717) is 24.3 Å². The van der Waals surface area contributed by atoms with Crippen LogP contribution in [0.4, 0.5) is 22.7 Å². The molecule has 0 fully saturated rings. The molecular weight excluding hydrogens is 384 g/mol. The van der Waals surface area contributed by atoms with E-state index in [9.17, 15) is 50.0 Å². The maximum atomic E-state index is 12.4. The summed E-state index contributed by atoms with van der Waals surface area (Å²) in [5.74, 6) is -2.97. The Morgan fingerprint density at radius 3 is 1.11 bits per heavy atom. The minimum Gasteiger partial charge on any atom is -0.285 e. The first-order chi connectivity index (χ1) is 13.0. The second kappa shape index (κ2) is 5.97. The monoisotopic (exact) mass is 388 g/mol. The van der Waals surface area contributed by atoms with E-state index in [1.165, 1.54) is 0 Å². The number of hydrogen-bond acceptors (Lipinski definition) is 10. The number of fused-ring (bicyclic) bond motifs is 3. The van der Waals surface area contributed by atoms with Crippen LogP contribution in [0, 0.1) is 40.5 Å². The lowest BCUT2D eigenvalue weighted by Gasteiger charge is -2.17. The molecule has 1 aliphatic rings. The Hall–Kier alpha value is -4.62. The second-order valence-electron chi connectivity index (χ2n) is 5.46. The number of carbonyl (C=O) groups is 2. The predicted octanol–water partition coefficient (Wildman–Crippen LogP) is 2.37. The van der Waals surface area contributed by atoms with Crippen molar-refractivity contribution in [2.75, 3.05) is 0 Å². The summed E-state index contributed by atoms with van der Waals surface area (Å²) in [6.07, 6.45) is 0. The number of benzene rings is 2. The third kappa shape index (κ3) is 2.52. The third-order valence-corrected chi connectivity index (χ3v) is 3.97. The Kier molecular flexibility index (Phi) is 3.88. The van der Waals surface area contributed by atoms with E-state index >= 15 is 0 Å². The molecule has 0 bridgehead atoms. The molecule has 0 atom stereocenters. The Morgan fingerprint density at radius 1 is 0.536 bits per heavy atom. The molecule has 1 aliphatic carbocycles. The van der Waals surface area contributed by atoms with Crippen LogP contribution in [0.2, 0.25) is 0 Å². The average molecular weight is 388 g/mol. The van der Waals surface area contributed by atoms with Gasteiger partial charge in [-0.15, -0.1) is 0 Å². The molecule has 14 heteroatoms. The van der Waals surface area contributed by atoms with Crippen LogP contribution in [0.15, 0.2) is 24.3 Å². The molecule has 0 N–H and O–H groups in total. The van der Waals surface area contributed by atoms with Crippen LogP contribution in [0.25, 0.3) is 11.1 Å². The molecule has 0 radical (unpaired) electrons. The van der Waals surface area contributed by atoms with Gasteiger partial charge in [0.1, 0.15) is 11.1 Å². The maximum absolute atomic E-state index is 12.4. The van der Waals surface area contributed by atoms with Crippen LogP contribution < -0.4 is 0 Å². The highest BCUT2D eigenvalue weighted by atomic mass is 16.6. The van der Waals surface area contributed by atoms with E-state index in [4.69, 9.17) is 0 Å². The topological polar surface area (TPSA) is 207 Å². The van der Waals surface area contributed by atoms with Gasteiger partial charge >= 0.3 is 0 Å². The number of ketones is 2. The van der Waals surface area contributed by atoms with Crippen LogP contribution in [0.5, 0.6) is 0 Å². The third-order valence-electron chi connectivity index (χ3n) is 3.97. The van der Waals surface area contributed by atoms with Crippen LogP contribution in [-0.2, 0) is 0 Å². The Morgan fingerprint density at radius 2 is 0.857 bits per heavy atom. The Labute approximate surface area is 151 Å². The zero-order chi connectivity index (χ0) is 20.9. The van der Waals surface area contributed by atoms with Gasteiger partial charge in [-0.1, -0.05) is 0 Å². The second-order valence-corrected chi connectivity index (χ2v) is 5.46. The van der Waals surface area contributed by atoms with Crippen molar-refractivity contribution >= 4 is 34.3 Å². The van der Waals surface area contributed by atoms with Gasteiger partial charge in [-0.2, -0.15) is 0 Å². The van der Waals surface area contributed by atoms with Crippen LogP contribution in [0.3, 0.4) is 0 Å². The minimum atomic E-state index is -1.49. The number of rotatable bonds is 4. The standard InChI is InChI=1S/C14H4N4O10/c19-13-11-7(1-5(15(21)22)3-9(11)17(25)26)8-2-6(16(23)24)4-10(18(27)28)12(8)14(13)20/h1-4H. The van der Waals surface area contributed by atoms with E-state index in [-0.39, 0.29) is 0 Å². The summed E-state index contributed by atoms with van der Waals surface area (Å²) < 4.78 is 0. The number of nitro benzene ring substituents is 4. The van der Waals surface area contributed by atoms with Crippen molar-refractivity contribution in [2.24, 2.45) is 0 Å². The lowest BCUT2D eigenvalue weighted by Crippen LogP contribution is -2.24. The van der Waals surface area contributed by atoms with Crippen molar-refractivity contribution in [3.63, 3.8) is 0 Å². The highest BCUT2D eigenvalue weighted by Crippen LogP contribution is 2.45. The molecule has 28 heavy (non-hydrogen) atoms. The number of hydrogen-bond donors (Lipinski definition) is 0. The predicted molar refractivity (Wildman–Crippen MR) is 87.2 cm³/mol. The summed E-state index contributed by atoms with van der Waals surface area (Å²) >= 11 is 0. The van der Waals surface area contributed by atoms with Crippen molar-refractivity contribution in [3.05, 3.63) is 75.8 Å². The van der Waals surface area contributed by atoms with Crippen molar-refractivity contribution in [1.29, 1.82) is 0 Å². The first-order valence-corrected chi connectivity index (χ1v) is 7.07. The molecule has 2 aromatic rings. The number of nitrogens with zero attached hydrogens (tertiary/aromatic N) is 4. The van der Waals surface area contributed by atoms with Gasteiger partial charge in [-0.05, 0) is 0 Å². The smallest absolute Gasteiger partial charge is 0.285 e. The summed E-state index contributed by atoms with van der Waals surface area (Å²) in [5.41, 5.74) is -6.57. The van der Waals surface area contributed by atoms with Gasteiger partial charge in [0.15, 0.2) is 0 Å². The lowest BCUT2D eigenvalue weighted by atomic mass is 9.81. The number of carbonyl (C=O) groups excluding carboxylic acids is 2. The Bertz CT molecular complexity index is 1080. The first-order valence-electron chi connectivity index (χ1n) is 7.07. The first kappa shape index (κ1) is 18.2. The fourth-order valence-corrected chi connectivity index (χ4v) is 2.85. The van der Waals surface area contributed by atoms with Crippen molar-refractivity contribution in [1.82, 2.24) is 0 Å². The van der Waals surface area contributed by atoms with E-state index in [0.717, 1.165) is 0 Å². The fraction of sp³-hybridized carbons (Fsp3) is 0. The summed E-state index contributed by atoms with van der Waals surface area (Å²) in [4.78, 5) is 65.2. The molecule has 0 saturated carbocycles. The summed E-state index contributed by atoms with van der Waals surface area (Å²) in [6, 6.07) is 2.31. The van der Waals surface area contributed by atoms with Crippen molar-refractivity contribution in [3.8, 4) is 11.1 Å². The molecule has 2 aromatic carbocycles. The highest BCUT2D eigenvalue weighted by molar-refractivity contribution is 6.54. The Balaban J connectivity index is 2.55. The highest BCUT2D eigenvalue weighted by Gasteiger charge is 2.43. The number of Topliss-reactive ketones (excluding diaryl/α,β-unsaturated/α-hetero) is 2. The molecule has 140 valence electrons. The number of non-ortho nitro benzene ring substituents is 2. The largest absolute Gasteiger partial charge is 0.288 e. The maximum Gasteiger partial charge on any atom is 0.288 e. The molecular formula is C14H4N4O10. The van der Waals surface area contributed by atoms with Crippen LogP contribution >= 0.6 is 0 Å². The molecule has 0 unspecified atom stereocenters. The van der Waals surface area contributed by atoms with E-state index in [1.54, 1.807) is 0 Å². The van der Waals surface area contributed by atoms with E-state index in [1.807, 2.05) is 0 Å². The minimum absolute atomic E-state index is 0.459. The molecule has 14 nitrogen and oxygen atoms in total. The fourth-order valence-electron chi connectivity index (χ4n) is 2.85. The van der Waals surface area contributed by atoms with Gasteiger partial charge in [0, 0.05) is 23.3 Å². The van der Waals surface area contributed by atoms with E-state index in [2.05, 4.69) is 0 Å². The zero-order valence-electron chi connectivity index (χ0n) is 13.2. The summed E-state index contributed by atoms with van der Waals surface area (Å²) in [6.45, 7) is 0. The molecule has 0 aliphatic heterocycles. The van der Waals surface area contributed by atoms with Crippen LogP contribution in [-0.4, -0.2) is 31.3 Å². The molecule has 0 aromatic heterocycles. The lowest BCUT2D eigenvalue weighted by molar-refractivity contribution is -0.394. The van der Waals surface area contributed by atoms with Crippen LogP contribution in [0.1, 0.15) is 20.7 Å². The van der Waals surface area contributed by atoms with Gasteiger partial charge in [0.05, 0.1) is 31.8 Å². The molecule has 0 saturated heterocycles. The zero-order valence-corrected chi connectivity index (χ0v) is 13.2. The average Bonchev–Trinajstić information content (AvgIpc) is 2.63. The van der Waals surface area contributed by atoms with Gasteiger partial charge < -0.3 is 0 Å². The summed E-state index contributed by atoms with van der Waals surface area (Å²) in [5, 5.41) is 44.7. The number of nitro groups is 4. The summed E-state index contributed by atoms with van der Waals surface area (Å²) in [7, 11) is 0. The molecule has 3 rings (SSSR count). The van der Waals surface area contributed by atoms with Crippen molar-refractivity contribution < 1.29 is 29.3 Å². The quantitative estimate of drug-likeness (QED) is 0.424.